The highest BCUT2D eigenvalue weighted by molar-refractivity contribution is 6.31. The first kappa shape index (κ1) is 89.1. The van der Waals surface area contributed by atoms with Crippen molar-refractivity contribution in [1.29, 1.82) is 0 Å². The fraction of sp³-hybridized carbons (Fsp3) is 0.418. The largest absolute Gasteiger partial charge is 0.421 e. The maximum Gasteiger partial charge on any atom is 0.414 e. The number of hydrogen-bond acceptors (Lipinski definition) is 26. The molecule has 1 aliphatic rings. The van der Waals surface area contributed by atoms with Crippen LogP contribution in [0.3, 0.4) is 0 Å². The first-order valence-corrected chi connectivity index (χ1v) is 35.4. The molecule has 13 rings (SSSR count). The molecule has 12 aromatic heterocycles. The highest BCUT2D eigenvalue weighted by Crippen LogP contribution is 2.40. The molecule has 29 heteroatoms. The minimum atomic E-state index is -0.430. The van der Waals surface area contributed by atoms with Crippen LogP contribution in [0.1, 0.15) is 205 Å². The lowest BCUT2D eigenvalue weighted by Gasteiger charge is -2.11. The van der Waals surface area contributed by atoms with Gasteiger partial charge in [-0.1, -0.05) is 25.4 Å². The van der Waals surface area contributed by atoms with E-state index in [2.05, 4.69) is 136 Å². The van der Waals surface area contributed by atoms with Crippen molar-refractivity contribution in [2.75, 3.05) is 14.1 Å². The number of halogens is 1. The zero-order valence-corrected chi connectivity index (χ0v) is 69.0. The van der Waals surface area contributed by atoms with Gasteiger partial charge in [0.1, 0.15) is 63.9 Å². The van der Waals surface area contributed by atoms with Gasteiger partial charge in [-0.15, -0.1) is 10.2 Å². The second kappa shape index (κ2) is 43.4. The highest BCUT2D eigenvalue weighted by atomic mass is 35.5. The summed E-state index contributed by atoms with van der Waals surface area (Å²) in [6.07, 6.45) is 19.9. The average molecular weight is 1490 g/mol. The summed E-state index contributed by atoms with van der Waals surface area (Å²) in [6, 6.07) is 1.99. The first-order valence-electron chi connectivity index (χ1n) is 35.0. The number of nitrogens with one attached hydrogen (secondary N) is 1. The maximum atomic E-state index is 11.2. The maximum absolute atomic E-state index is 11.2. The van der Waals surface area contributed by atoms with Crippen molar-refractivity contribution in [3.8, 4) is 17.2 Å². The van der Waals surface area contributed by atoms with Gasteiger partial charge in [0.05, 0.1) is 50.8 Å². The summed E-state index contributed by atoms with van der Waals surface area (Å²) in [4.78, 5) is 109. The second-order valence-electron chi connectivity index (χ2n) is 26.0. The number of fused-ring (bicyclic) bond motifs is 1. The molecule has 1 N–H and O–H groups in total. The molecule has 0 radical (unpaired) electrons. The van der Waals surface area contributed by atoms with Gasteiger partial charge in [0.15, 0.2) is 11.5 Å². The van der Waals surface area contributed by atoms with Gasteiger partial charge in [-0.25, -0.2) is 104 Å². The lowest BCUT2D eigenvalue weighted by atomic mass is 10.0. The van der Waals surface area contributed by atoms with Gasteiger partial charge in [0, 0.05) is 111 Å². The minimum absolute atomic E-state index is 0.0162. The van der Waals surface area contributed by atoms with Crippen LogP contribution in [0.25, 0.3) is 22.5 Å². The lowest BCUT2D eigenvalue weighted by Crippen LogP contribution is -2.25. The summed E-state index contributed by atoms with van der Waals surface area (Å²) in [5.41, 5.74) is 18.0. The Morgan fingerprint density at radius 2 is 0.852 bits per heavy atom. The molecule has 0 saturated heterocycles. The number of carbonyl (C=O) groups excluding carboxylic acids is 2. The van der Waals surface area contributed by atoms with E-state index in [4.69, 9.17) is 20.8 Å². The number of H-pyrrole nitrogens is 1. The van der Waals surface area contributed by atoms with Crippen LogP contribution in [-0.4, -0.2) is 146 Å². The summed E-state index contributed by atoms with van der Waals surface area (Å²) < 4.78 is 10.3. The summed E-state index contributed by atoms with van der Waals surface area (Å²) in [5, 5.41) is 9.40. The molecule has 0 aliphatic heterocycles. The third-order valence-corrected chi connectivity index (χ3v) is 16.0. The van der Waals surface area contributed by atoms with Crippen molar-refractivity contribution in [3.05, 3.63) is 228 Å². The zero-order valence-electron chi connectivity index (χ0n) is 68.2. The number of hydrogen-bond donors (Lipinski definition) is 1. The van der Waals surface area contributed by atoms with E-state index in [1.54, 1.807) is 60.4 Å². The molecule has 12 heterocycles. The first-order chi connectivity index (χ1) is 50.7. The molecule has 572 valence electrons. The van der Waals surface area contributed by atoms with Crippen molar-refractivity contribution >= 4 is 34.5 Å². The molecular weight excluding hydrogens is 1380 g/mol. The molecule has 0 aromatic carbocycles. The SMILES string of the molecule is CC(=O)c1cnc(C)nc1C.Cc1nc(C)c2cc[nH]c2n1.Cc1ncc(-c2nnc(C)o2)c(C)n1.Cc1ncc(C(C)C)c(C)n1.Cc1ncc(C)c(C)n1.Cc1ncc(C)c(C)n1.Cc1ncc(C)c(C)n1.Cc1ncc(C2CC2)c(C)n1.Cc1ncc(Cl)c(C)n1.Cc1ncc(OC(=O)N(C)C)c(C)n1. The molecule has 0 unspecified atom stereocenters. The van der Waals surface area contributed by atoms with E-state index < -0.39 is 6.09 Å². The molecule has 0 spiro atoms. The van der Waals surface area contributed by atoms with Gasteiger partial charge in [-0.3, -0.25) is 4.79 Å². The minimum Gasteiger partial charge on any atom is -0.421 e. The smallest absolute Gasteiger partial charge is 0.414 e. The summed E-state index contributed by atoms with van der Waals surface area (Å²) >= 11 is 5.66. The van der Waals surface area contributed by atoms with Crippen molar-refractivity contribution in [1.82, 2.24) is 120 Å². The number of ketones is 1. The van der Waals surface area contributed by atoms with Gasteiger partial charge in [0.2, 0.25) is 5.89 Å². The Kier molecular flexibility index (Phi) is 35.8. The van der Waals surface area contributed by atoms with Gasteiger partial charge in [0.25, 0.3) is 5.89 Å². The Labute approximate surface area is 640 Å². The van der Waals surface area contributed by atoms with E-state index >= 15 is 0 Å². The van der Waals surface area contributed by atoms with E-state index in [1.807, 2.05) is 175 Å². The number of amides is 1. The van der Waals surface area contributed by atoms with Crippen LogP contribution in [0.2, 0.25) is 5.02 Å². The third-order valence-electron chi connectivity index (χ3n) is 15.7. The summed E-state index contributed by atoms with van der Waals surface area (Å²) in [6.45, 7) is 51.7. The number of ether oxygens (including phenoxy) is 1. The lowest BCUT2D eigenvalue weighted by molar-refractivity contribution is 0.101. The molecule has 0 atom stereocenters. The number of aromatic amines is 1. The van der Waals surface area contributed by atoms with Crippen LogP contribution < -0.4 is 4.74 Å². The Bertz CT molecular complexity index is 4670. The van der Waals surface area contributed by atoms with Gasteiger partial charge in [-0.2, -0.15) is 0 Å². The molecule has 0 bridgehead atoms. The van der Waals surface area contributed by atoms with Crippen molar-refractivity contribution in [3.63, 3.8) is 0 Å². The normalized spacial score (nSPS) is 10.7. The molecule has 1 aliphatic carbocycles. The third kappa shape index (κ3) is 31.0. The molecule has 1 amide bonds. The Balaban J connectivity index is 0.000000254. The van der Waals surface area contributed by atoms with Crippen molar-refractivity contribution < 1.29 is 18.7 Å². The van der Waals surface area contributed by atoms with Crippen molar-refractivity contribution in [2.45, 2.75) is 212 Å². The number of aromatic nitrogens is 23. The van der Waals surface area contributed by atoms with E-state index in [0.717, 1.165) is 131 Å². The van der Waals surface area contributed by atoms with Crippen LogP contribution >= 0.6 is 11.6 Å². The Morgan fingerprint density at radius 3 is 1.24 bits per heavy atom. The Hall–Kier alpha value is -11.3. The van der Waals surface area contributed by atoms with Gasteiger partial charge in [-0.05, 0) is 225 Å². The molecular formula is C79H105ClN24O4. The predicted molar refractivity (Wildman–Crippen MR) is 420 cm³/mol. The van der Waals surface area contributed by atoms with Gasteiger partial charge >= 0.3 is 6.09 Å². The number of carbonyl (C=O) groups is 2. The van der Waals surface area contributed by atoms with Crippen LogP contribution in [0.5, 0.6) is 5.75 Å². The fourth-order valence-electron chi connectivity index (χ4n) is 9.27. The molecule has 108 heavy (non-hydrogen) atoms. The Morgan fingerprint density at radius 1 is 0.444 bits per heavy atom. The molecule has 28 nitrogen and oxygen atoms in total. The van der Waals surface area contributed by atoms with E-state index in [0.29, 0.717) is 51.4 Å². The topological polar surface area (TPSA) is 359 Å². The van der Waals surface area contributed by atoms with Gasteiger partial charge < -0.3 is 19.0 Å². The van der Waals surface area contributed by atoms with E-state index in [1.165, 1.54) is 47.7 Å². The number of Topliss-reactive ketones (excluding diaryl/α,β-unsaturated/α-hetero) is 1. The number of aryl methyl sites for hydroxylation is 24. The average Bonchev–Trinajstić information content (AvgIpc) is 1.68. The molecule has 1 fully saturated rings. The molecule has 12 aromatic rings. The van der Waals surface area contributed by atoms with Crippen LogP contribution in [0.15, 0.2) is 72.5 Å². The number of rotatable bonds is 5. The fourth-order valence-corrected chi connectivity index (χ4v) is 9.36. The standard InChI is InChI=1S/C9H10N4O.C9H13N3O2.C9H12N2.C9H14N2.C8H9N3.C8H10N2O.3C7H10N2.C6H7ClN2/c1-5-8(4-10-6(2)11-5)9-13-12-7(3)14-9;1-6-8(5-10-7(2)11-6)14-9(13)12(3)4;1-6-9(8-3-4-8)5-10-7(2)11-6;1-6(2)9-5-10-8(4)11-7(9)3;1-5-7-3-4-9-8(7)11-6(2)10-5;1-5-8(6(2)11)4-9-7(3)10-5;3*1-5-4-8-7(3)9-6(5)2;1-4-6(7)3-8-5(2)9-4/h4H,1-3H3;5H,1-4H3;5,8H,3-4H2,1-2H3;5-6H,1-4H3;3-4H,1-2H3,(H,9,10,11);4H,1-3H3;3*4H,1-3H3;3H,1-2H3. The summed E-state index contributed by atoms with van der Waals surface area (Å²) in [7, 11) is 3.24. The van der Waals surface area contributed by atoms with Crippen LogP contribution in [-0.2, 0) is 0 Å². The monoisotopic (exact) mass is 1490 g/mol. The van der Waals surface area contributed by atoms with Crippen LogP contribution in [0.4, 0.5) is 4.79 Å². The summed E-state index contributed by atoms with van der Waals surface area (Å²) in [5.74, 6) is 10.7. The quantitative estimate of drug-likeness (QED) is 0.156. The van der Waals surface area contributed by atoms with E-state index in [9.17, 15) is 9.59 Å². The second-order valence-corrected chi connectivity index (χ2v) is 26.4. The van der Waals surface area contributed by atoms with E-state index in [-0.39, 0.29) is 5.78 Å². The number of nitrogens with zero attached hydrogens (tertiary/aromatic N) is 23. The van der Waals surface area contributed by atoms with Crippen LogP contribution in [0, 0.1) is 166 Å². The van der Waals surface area contributed by atoms with Crippen molar-refractivity contribution in [2.24, 2.45) is 0 Å². The predicted octanol–water partition coefficient (Wildman–Crippen LogP) is 15.6. The zero-order chi connectivity index (χ0) is 80.8. The highest BCUT2D eigenvalue weighted by Gasteiger charge is 2.26. The molecule has 1 saturated carbocycles.